The number of thiazole rings is 1. The van der Waals surface area contributed by atoms with Crippen LogP contribution in [0.5, 0.6) is 5.75 Å². The van der Waals surface area contributed by atoms with Gasteiger partial charge in [0.1, 0.15) is 5.75 Å². The Morgan fingerprint density at radius 1 is 0.923 bits per heavy atom. The second kappa shape index (κ2) is 18.1. The molecule has 0 aliphatic heterocycles. The van der Waals surface area contributed by atoms with Crippen LogP contribution in [0.3, 0.4) is 0 Å². The lowest BCUT2D eigenvalue weighted by atomic mass is 10.1. The summed E-state index contributed by atoms with van der Waals surface area (Å²) in [5, 5.41) is 6.94. The van der Waals surface area contributed by atoms with Crippen molar-refractivity contribution in [1.82, 2.24) is 0 Å². The molecule has 2 aromatic carbocycles. The van der Waals surface area contributed by atoms with Crippen LogP contribution >= 0.6 is 22.9 Å². The molecule has 6 heteroatoms. The van der Waals surface area contributed by atoms with Gasteiger partial charge in [-0.15, -0.1) is 0 Å². The lowest BCUT2D eigenvalue weighted by molar-refractivity contribution is -0.689. The zero-order valence-corrected chi connectivity index (χ0v) is 25.4. The number of aryl methyl sites for hydroxylation is 1. The van der Waals surface area contributed by atoms with Crippen molar-refractivity contribution in [3.63, 3.8) is 0 Å². The molecular weight excluding hydrogens is 524 g/mol. The molecule has 0 fully saturated rings. The van der Waals surface area contributed by atoms with Crippen molar-refractivity contribution in [2.24, 2.45) is 0 Å². The van der Waals surface area contributed by atoms with Gasteiger partial charge in [0.25, 0.3) is 0 Å². The zero-order chi connectivity index (χ0) is 27.7. The first-order valence-electron chi connectivity index (χ1n) is 14.8. The molecule has 1 aromatic heterocycles. The predicted molar refractivity (Wildman–Crippen MR) is 165 cm³/mol. The van der Waals surface area contributed by atoms with Gasteiger partial charge < -0.3 is 10.1 Å². The van der Waals surface area contributed by atoms with Crippen molar-refractivity contribution in [3.8, 4) is 5.75 Å². The number of amides is 1. The van der Waals surface area contributed by atoms with E-state index in [1.54, 1.807) is 11.3 Å². The van der Waals surface area contributed by atoms with Crippen LogP contribution in [0.15, 0.2) is 54.0 Å². The summed E-state index contributed by atoms with van der Waals surface area (Å²) < 4.78 is 8.29. The van der Waals surface area contributed by atoms with Gasteiger partial charge in [-0.3, -0.25) is 4.79 Å². The third kappa shape index (κ3) is 11.7. The molecule has 0 aliphatic carbocycles. The number of nitrogens with zero attached hydrogens (tertiary/aromatic N) is 1. The minimum atomic E-state index is -0.0796. The highest BCUT2D eigenvalue weighted by molar-refractivity contribution is 7.09. The van der Waals surface area contributed by atoms with Crippen LogP contribution in [0.2, 0.25) is 5.02 Å². The van der Waals surface area contributed by atoms with Crippen molar-refractivity contribution >= 4 is 34.5 Å². The van der Waals surface area contributed by atoms with Gasteiger partial charge in [0.15, 0.2) is 12.7 Å². The Morgan fingerprint density at radius 3 is 2.26 bits per heavy atom. The lowest BCUT2D eigenvalue weighted by Gasteiger charge is -2.13. The molecule has 39 heavy (non-hydrogen) atoms. The van der Waals surface area contributed by atoms with Gasteiger partial charge in [0.05, 0.1) is 23.4 Å². The van der Waals surface area contributed by atoms with E-state index in [0.29, 0.717) is 17.4 Å². The highest BCUT2D eigenvalue weighted by Crippen LogP contribution is 2.29. The van der Waals surface area contributed by atoms with Crippen LogP contribution in [0.25, 0.3) is 0 Å². The van der Waals surface area contributed by atoms with Crippen LogP contribution in [-0.2, 0) is 17.8 Å². The second-order valence-electron chi connectivity index (χ2n) is 10.4. The van der Waals surface area contributed by atoms with Gasteiger partial charge in [0.2, 0.25) is 10.9 Å². The number of rotatable bonds is 19. The maximum absolute atomic E-state index is 12.9. The molecule has 0 saturated heterocycles. The fourth-order valence-electron chi connectivity index (χ4n) is 4.83. The monoisotopic (exact) mass is 569 g/mol. The number of halogens is 1. The molecule has 0 aliphatic rings. The summed E-state index contributed by atoms with van der Waals surface area (Å²) in [7, 11) is 0. The third-order valence-corrected chi connectivity index (χ3v) is 8.22. The Hall–Kier alpha value is -2.37. The summed E-state index contributed by atoms with van der Waals surface area (Å²) in [6, 6.07) is 13.7. The van der Waals surface area contributed by atoms with Gasteiger partial charge in [-0.25, -0.2) is 0 Å². The Kier molecular flexibility index (Phi) is 14.4. The molecular formula is C33H46ClN2O2S+. The minimum absolute atomic E-state index is 0.0796. The van der Waals surface area contributed by atoms with Gasteiger partial charge in [-0.1, -0.05) is 125 Å². The number of para-hydroxylation sites is 1. The smallest absolute Gasteiger partial charge is 0.234 e. The van der Waals surface area contributed by atoms with Crippen molar-refractivity contribution in [1.29, 1.82) is 0 Å². The van der Waals surface area contributed by atoms with Crippen molar-refractivity contribution in [3.05, 3.63) is 75.2 Å². The number of carbonyl (C=O) groups is 1. The standard InChI is InChI=1S/C33H45ClN2O2S/c1-3-4-5-6-7-8-9-10-11-12-13-14-22-38-33-29(18-16-20-31(33)34)25-32(37)35-30-19-15-17-28(24-30)26-36-21-23-39-27(36)2/h15-21,23-24H,3-14,22,25-26H2,1-2H3/p+1. The van der Waals surface area contributed by atoms with Gasteiger partial charge in [-0.05, 0) is 24.6 Å². The average Bonchev–Trinajstić information content (AvgIpc) is 3.32. The van der Waals surface area contributed by atoms with Crippen molar-refractivity contribution in [2.75, 3.05) is 11.9 Å². The van der Waals surface area contributed by atoms with E-state index >= 15 is 0 Å². The average molecular weight is 570 g/mol. The Bertz CT molecular complexity index is 1130. The molecule has 0 spiro atoms. The van der Waals surface area contributed by atoms with Crippen LogP contribution in [0.4, 0.5) is 5.69 Å². The molecule has 0 unspecified atom stereocenters. The van der Waals surface area contributed by atoms with E-state index in [2.05, 4.69) is 41.4 Å². The first kappa shape index (κ1) is 31.2. The summed E-state index contributed by atoms with van der Waals surface area (Å²) >= 11 is 8.19. The summed E-state index contributed by atoms with van der Waals surface area (Å²) in [6.45, 7) is 5.78. The number of anilines is 1. The quantitative estimate of drug-likeness (QED) is 0.115. The topological polar surface area (TPSA) is 42.2 Å². The van der Waals surface area contributed by atoms with E-state index in [1.165, 1.54) is 69.2 Å². The van der Waals surface area contributed by atoms with E-state index in [1.807, 2.05) is 36.4 Å². The van der Waals surface area contributed by atoms with E-state index in [4.69, 9.17) is 16.3 Å². The highest BCUT2D eigenvalue weighted by atomic mass is 35.5. The SMILES string of the molecule is CCCCCCCCCCCCCCOc1c(Cl)cccc1CC(=O)Nc1cccc(C[n+]2ccsc2C)c1. The first-order valence-corrected chi connectivity index (χ1v) is 16.0. The Balaban J connectivity index is 1.37. The minimum Gasteiger partial charge on any atom is -0.492 e. The molecule has 0 saturated carbocycles. The molecule has 0 atom stereocenters. The molecule has 1 heterocycles. The van der Waals surface area contributed by atoms with Gasteiger partial charge >= 0.3 is 0 Å². The van der Waals surface area contributed by atoms with Gasteiger partial charge in [-0.2, -0.15) is 4.57 Å². The molecule has 0 radical (unpaired) electrons. The molecule has 212 valence electrons. The van der Waals surface area contributed by atoms with Crippen LogP contribution < -0.4 is 14.6 Å². The fraction of sp³-hybridized carbons (Fsp3) is 0.515. The van der Waals surface area contributed by atoms with E-state index < -0.39 is 0 Å². The maximum Gasteiger partial charge on any atom is 0.234 e. The molecule has 1 amide bonds. The maximum atomic E-state index is 12.9. The highest BCUT2D eigenvalue weighted by Gasteiger charge is 2.14. The summed E-state index contributed by atoms with van der Waals surface area (Å²) in [5.41, 5.74) is 2.76. The van der Waals surface area contributed by atoms with Crippen LogP contribution in [0, 0.1) is 6.92 Å². The summed E-state index contributed by atoms with van der Waals surface area (Å²) in [5.74, 6) is 0.555. The van der Waals surface area contributed by atoms with E-state index in [0.717, 1.165) is 36.2 Å². The van der Waals surface area contributed by atoms with Crippen molar-refractivity contribution in [2.45, 2.75) is 104 Å². The Labute approximate surface area is 244 Å². The molecule has 0 bridgehead atoms. The molecule has 3 rings (SSSR count). The number of benzene rings is 2. The first-order chi connectivity index (χ1) is 19.1. The fourth-order valence-corrected chi connectivity index (χ4v) is 5.75. The lowest BCUT2D eigenvalue weighted by Crippen LogP contribution is -2.34. The number of ether oxygens (including phenoxy) is 1. The molecule has 3 aromatic rings. The summed E-state index contributed by atoms with van der Waals surface area (Å²) in [4.78, 5) is 12.9. The van der Waals surface area contributed by atoms with Crippen LogP contribution in [0.1, 0.15) is 100 Å². The number of hydrogen-bond acceptors (Lipinski definition) is 3. The normalized spacial score (nSPS) is 11.1. The number of carbonyl (C=O) groups excluding carboxylic acids is 1. The van der Waals surface area contributed by atoms with E-state index in [-0.39, 0.29) is 12.3 Å². The number of nitrogens with one attached hydrogen (secondary N) is 1. The number of unbranched alkanes of at least 4 members (excludes halogenated alkanes) is 11. The second-order valence-corrected chi connectivity index (χ2v) is 11.9. The molecule has 4 nitrogen and oxygen atoms in total. The Morgan fingerprint density at radius 2 is 1.59 bits per heavy atom. The van der Waals surface area contributed by atoms with Crippen LogP contribution in [-0.4, -0.2) is 12.5 Å². The van der Waals surface area contributed by atoms with Gasteiger partial charge in [0, 0.05) is 23.7 Å². The third-order valence-electron chi connectivity index (χ3n) is 7.09. The molecule has 1 N–H and O–H groups in total. The van der Waals surface area contributed by atoms with E-state index in [9.17, 15) is 4.79 Å². The largest absolute Gasteiger partial charge is 0.492 e. The summed E-state index contributed by atoms with van der Waals surface area (Å²) in [6.07, 6.45) is 18.0. The number of aromatic nitrogens is 1. The number of hydrogen-bond donors (Lipinski definition) is 1. The zero-order valence-electron chi connectivity index (χ0n) is 23.9. The predicted octanol–water partition coefficient (Wildman–Crippen LogP) is 9.31. The van der Waals surface area contributed by atoms with Crippen molar-refractivity contribution < 1.29 is 14.1 Å².